The molecular formula is C23H14ClN5O3S. The van der Waals surface area contributed by atoms with Crippen LogP contribution in [0.3, 0.4) is 0 Å². The molecule has 0 spiro atoms. The standard InChI is InChI=1S/C23H14ClN5O3S/c1-33(31,32)28-23(30)14-6-8-20(16(10-14)13-26)29-21-9-7-17(24)11-19(21)22(27-29)18-5-3-2-4-15(18)12-25/h2-11H,1H3,(H,28,30). The topological polar surface area (TPSA) is 129 Å². The van der Waals surface area contributed by atoms with Crippen LogP contribution in [0.15, 0.2) is 60.7 Å². The zero-order valence-electron chi connectivity index (χ0n) is 17.1. The van der Waals surface area contributed by atoms with Gasteiger partial charge in [-0.25, -0.2) is 17.8 Å². The molecule has 1 N–H and O–H groups in total. The summed E-state index contributed by atoms with van der Waals surface area (Å²) in [6.45, 7) is 0. The van der Waals surface area contributed by atoms with E-state index in [1.165, 1.54) is 22.9 Å². The highest BCUT2D eigenvalue weighted by Gasteiger charge is 2.20. The Morgan fingerprint density at radius 3 is 2.45 bits per heavy atom. The van der Waals surface area contributed by atoms with Crippen LogP contribution in [0, 0.1) is 22.7 Å². The molecule has 162 valence electrons. The lowest BCUT2D eigenvalue weighted by molar-refractivity contribution is 0.0981. The van der Waals surface area contributed by atoms with Crippen molar-refractivity contribution >= 4 is 38.4 Å². The van der Waals surface area contributed by atoms with E-state index in [0.717, 1.165) is 6.26 Å². The zero-order valence-corrected chi connectivity index (χ0v) is 18.6. The van der Waals surface area contributed by atoms with Gasteiger partial charge in [-0.2, -0.15) is 15.6 Å². The number of hydrogen-bond donors (Lipinski definition) is 1. The van der Waals surface area contributed by atoms with Crippen molar-refractivity contribution < 1.29 is 13.2 Å². The molecule has 1 amide bonds. The Morgan fingerprint density at radius 1 is 1.03 bits per heavy atom. The Hall–Kier alpha value is -4.18. The fraction of sp³-hybridized carbons (Fsp3) is 0.0435. The van der Waals surface area contributed by atoms with Crippen molar-refractivity contribution in [1.29, 1.82) is 10.5 Å². The molecule has 4 aromatic rings. The molecule has 10 heteroatoms. The average Bonchev–Trinajstić information content (AvgIpc) is 3.15. The van der Waals surface area contributed by atoms with Gasteiger partial charge in [0, 0.05) is 21.5 Å². The second-order valence-electron chi connectivity index (χ2n) is 7.13. The molecule has 0 saturated heterocycles. The zero-order chi connectivity index (χ0) is 23.8. The quantitative estimate of drug-likeness (QED) is 0.478. The van der Waals surface area contributed by atoms with Crippen LogP contribution < -0.4 is 4.72 Å². The van der Waals surface area contributed by atoms with E-state index in [4.69, 9.17) is 11.6 Å². The van der Waals surface area contributed by atoms with E-state index in [2.05, 4.69) is 11.2 Å². The maximum absolute atomic E-state index is 12.2. The highest BCUT2D eigenvalue weighted by molar-refractivity contribution is 7.89. The van der Waals surface area contributed by atoms with Gasteiger partial charge in [0.15, 0.2) is 0 Å². The van der Waals surface area contributed by atoms with Crippen molar-refractivity contribution in [2.24, 2.45) is 0 Å². The molecule has 0 radical (unpaired) electrons. The fourth-order valence-corrected chi connectivity index (χ4v) is 4.07. The number of benzene rings is 3. The van der Waals surface area contributed by atoms with Crippen molar-refractivity contribution in [2.45, 2.75) is 0 Å². The SMILES string of the molecule is CS(=O)(=O)NC(=O)c1ccc(-n2nc(-c3ccccc3C#N)c3cc(Cl)ccc32)c(C#N)c1. The van der Waals surface area contributed by atoms with Gasteiger partial charge < -0.3 is 0 Å². The summed E-state index contributed by atoms with van der Waals surface area (Å²) in [5.41, 5.74) is 2.66. The van der Waals surface area contributed by atoms with E-state index in [0.29, 0.717) is 38.4 Å². The molecule has 0 saturated carbocycles. The molecular weight excluding hydrogens is 462 g/mol. The number of nitrogens with zero attached hydrogens (tertiary/aromatic N) is 4. The Bertz CT molecular complexity index is 1630. The van der Waals surface area contributed by atoms with Crippen LogP contribution in [0.4, 0.5) is 0 Å². The number of nitriles is 2. The predicted octanol–water partition coefficient (Wildman–Crippen LogP) is 3.78. The summed E-state index contributed by atoms with van der Waals surface area (Å²) in [5.74, 6) is -0.846. The molecule has 4 rings (SSSR count). The smallest absolute Gasteiger partial charge is 0.264 e. The summed E-state index contributed by atoms with van der Waals surface area (Å²) in [4.78, 5) is 12.2. The van der Waals surface area contributed by atoms with E-state index in [1.807, 2.05) is 10.8 Å². The van der Waals surface area contributed by atoms with E-state index in [1.54, 1.807) is 42.5 Å². The predicted molar refractivity (Wildman–Crippen MR) is 123 cm³/mol. The van der Waals surface area contributed by atoms with Gasteiger partial charge in [-0.1, -0.05) is 29.8 Å². The van der Waals surface area contributed by atoms with Crippen LogP contribution in [0.1, 0.15) is 21.5 Å². The minimum Gasteiger partial charge on any atom is -0.268 e. The van der Waals surface area contributed by atoms with Gasteiger partial charge in [0.05, 0.1) is 34.7 Å². The summed E-state index contributed by atoms with van der Waals surface area (Å²) in [7, 11) is -3.76. The van der Waals surface area contributed by atoms with E-state index in [-0.39, 0.29) is 11.1 Å². The number of fused-ring (bicyclic) bond motifs is 1. The van der Waals surface area contributed by atoms with Crippen molar-refractivity contribution in [3.63, 3.8) is 0 Å². The van der Waals surface area contributed by atoms with E-state index >= 15 is 0 Å². The van der Waals surface area contributed by atoms with Crippen LogP contribution in [-0.4, -0.2) is 30.4 Å². The van der Waals surface area contributed by atoms with Gasteiger partial charge in [-0.3, -0.25) is 4.79 Å². The number of carbonyl (C=O) groups is 1. The van der Waals surface area contributed by atoms with Gasteiger partial charge in [0.2, 0.25) is 10.0 Å². The number of sulfonamides is 1. The third-order valence-corrected chi connectivity index (χ3v) is 5.62. The van der Waals surface area contributed by atoms with Crippen molar-refractivity contribution in [2.75, 3.05) is 6.26 Å². The number of rotatable bonds is 4. The van der Waals surface area contributed by atoms with Crippen molar-refractivity contribution in [3.05, 3.63) is 82.4 Å². The number of amides is 1. The minimum atomic E-state index is -3.76. The number of carbonyl (C=O) groups excluding carboxylic acids is 1. The van der Waals surface area contributed by atoms with E-state index < -0.39 is 15.9 Å². The first-order valence-corrected chi connectivity index (χ1v) is 11.7. The van der Waals surface area contributed by atoms with Crippen molar-refractivity contribution in [1.82, 2.24) is 14.5 Å². The molecule has 0 unspecified atom stereocenters. The summed E-state index contributed by atoms with van der Waals surface area (Å²) >= 11 is 6.23. The van der Waals surface area contributed by atoms with E-state index in [9.17, 15) is 23.7 Å². The fourth-order valence-electron chi connectivity index (χ4n) is 3.44. The molecule has 0 aliphatic rings. The third-order valence-electron chi connectivity index (χ3n) is 4.83. The summed E-state index contributed by atoms with van der Waals surface area (Å²) < 4.78 is 26.2. The molecule has 33 heavy (non-hydrogen) atoms. The van der Waals surface area contributed by atoms with Gasteiger partial charge in [-0.15, -0.1) is 0 Å². The van der Waals surface area contributed by atoms with Gasteiger partial charge in [-0.05, 0) is 42.5 Å². The Labute approximate surface area is 194 Å². The average molecular weight is 476 g/mol. The van der Waals surface area contributed by atoms with Crippen LogP contribution >= 0.6 is 11.6 Å². The summed E-state index contributed by atoms with van der Waals surface area (Å²) in [6, 6.07) is 20.5. The molecule has 8 nitrogen and oxygen atoms in total. The lowest BCUT2D eigenvalue weighted by Gasteiger charge is -2.09. The highest BCUT2D eigenvalue weighted by Crippen LogP contribution is 2.34. The third kappa shape index (κ3) is 4.28. The van der Waals surface area contributed by atoms with Gasteiger partial charge >= 0.3 is 0 Å². The maximum Gasteiger partial charge on any atom is 0.264 e. The summed E-state index contributed by atoms with van der Waals surface area (Å²) in [6.07, 6.45) is 0.867. The van der Waals surface area contributed by atoms with Crippen LogP contribution in [0.5, 0.6) is 0 Å². The lowest BCUT2D eigenvalue weighted by atomic mass is 10.0. The first-order chi connectivity index (χ1) is 15.7. The Kier molecular flexibility index (Phi) is 5.60. The molecule has 0 atom stereocenters. The molecule has 3 aromatic carbocycles. The minimum absolute atomic E-state index is 0.00952. The number of aromatic nitrogens is 2. The second kappa shape index (κ2) is 8.40. The van der Waals surface area contributed by atoms with Gasteiger partial charge in [0.25, 0.3) is 5.91 Å². The van der Waals surface area contributed by atoms with Crippen LogP contribution in [0.25, 0.3) is 27.8 Å². The molecule has 0 aliphatic carbocycles. The molecule has 1 aromatic heterocycles. The van der Waals surface area contributed by atoms with Crippen LogP contribution in [-0.2, 0) is 10.0 Å². The number of nitrogens with one attached hydrogen (secondary N) is 1. The van der Waals surface area contributed by atoms with Gasteiger partial charge in [0.1, 0.15) is 11.8 Å². The Balaban J connectivity index is 1.94. The second-order valence-corrected chi connectivity index (χ2v) is 9.31. The largest absolute Gasteiger partial charge is 0.268 e. The molecule has 0 bridgehead atoms. The lowest BCUT2D eigenvalue weighted by Crippen LogP contribution is -2.29. The molecule has 1 heterocycles. The summed E-state index contributed by atoms with van der Waals surface area (Å²) in [5, 5.41) is 25.1. The first kappa shape index (κ1) is 22.0. The molecule has 0 fully saturated rings. The highest BCUT2D eigenvalue weighted by atomic mass is 35.5. The van der Waals surface area contributed by atoms with Crippen LogP contribution in [0.2, 0.25) is 5.02 Å². The maximum atomic E-state index is 12.2. The monoisotopic (exact) mass is 475 g/mol. The number of halogens is 1. The molecule has 0 aliphatic heterocycles. The first-order valence-electron chi connectivity index (χ1n) is 9.46. The normalized spacial score (nSPS) is 11.0. The number of hydrogen-bond acceptors (Lipinski definition) is 6. The van der Waals surface area contributed by atoms with Crippen molar-refractivity contribution in [3.8, 4) is 29.1 Å². The Morgan fingerprint density at radius 2 is 1.76 bits per heavy atom.